The molecule has 3 rings (SSSR count). The second kappa shape index (κ2) is 9.30. The van der Waals surface area contributed by atoms with Gasteiger partial charge in [-0.05, 0) is 49.7 Å². The first-order valence-corrected chi connectivity index (χ1v) is 11.6. The van der Waals surface area contributed by atoms with Gasteiger partial charge in [0.25, 0.3) is 0 Å². The summed E-state index contributed by atoms with van der Waals surface area (Å²) in [6.07, 6.45) is 0.0155. The Hall–Kier alpha value is -2.91. The summed E-state index contributed by atoms with van der Waals surface area (Å²) in [5, 5.41) is 18.9. The van der Waals surface area contributed by atoms with Gasteiger partial charge in [-0.15, -0.1) is 0 Å². The highest BCUT2D eigenvalue weighted by Gasteiger charge is 2.23. The van der Waals surface area contributed by atoms with Gasteiger partial charge in [0.15, 0.2) is 0 Å². The molecule has 0 atom stereocenters. The van der Waals surface area contributed by atoms with Crippen LogP contribution in [0.5, 0.6) is 11.5 Å². The third-order valence-corrected chi connectivity index (χ3v) is 5.91. The Morgan fingerprint density at radius 2 is 1.72 bits per heavy atom. The van der Waals surface area contributed by atoms with Gasteiger partial charge in [0.1, 0.15) is 16.4 Å². The zero-order valence-corrected chi connectivity index (χ0v) is 19.1. The summed E-state index contributed by atoms with van der Waals surface area (Å²) >= 11 is 6.09. The number of anilines is 1. The van der Waals surface area contributed by atoms with Crippen molar-refractivity contribution in [1.82, 2.24) is 0 Å². The van der Waals surface area contributed by atoms with Crippen LogP contribution in [0.15, 0.2) is 71.6 Å². The second-order valence-electron chi connectivity index (χ2n) is 7.68. The number of para-hydroxylation sites is 1. The molecule has 0 saturated carbocycles. The maximum absolute atomic E-state index is 12.4. The fourth-order valence-corrected chi connectivity index (χ4v) is 3.98. The Morgan fingerprint density at radius 3 is 2.38 bits per heavy atom. The van der Waals surface area contributed by atoms with E-state index in [1.807, 2.05) is 0 Å². The summed E-state index contributed by atoms with van der Waals surface area (Å²) in [4.78, 5) is 12.1. The van der Waals surface area contributed by atoms with E-state index in [2.05, 4.69) is 5.32 Å². The molecular weight excluding hydrogens is 452 g/mol. The van der Waals surface area contributed by atoms with Crippen molar-refractivity contribution in [3.63, 3.8) is 0 Å². The quantitative estimate of drug-likeness (QED) is 0.474. The maximum atomic E-state index is 12.4. The first kappa shape index (κ1) is 23.7. The molecule has 0 unspecified atom stereocenters. The van der Waals surface area contributed by atoms with Crippen LogP contribution in [0.4, 0.5) is 5.69 Å². The lowest BCUT2D eigenvalue weighted by Crippen LogP contribution is -2.18. The van der Waals surface area contributed by atoms with E-state index < -0.39 is 15.6 Å². The molecular formula is C23H23ClN2O5S. The van der Waals surface area contributed by atoms with Gasteiger partial charge < -0.3 is 15.2 Å². The fourth-order valence-electron chi connectivity index (χ4n) is 3.09. The van der Waals surface area contributed by atoms with Crippen molar-refractivity contribution in [3.05, 3.63) is 82.9 Å². The fraction of sp³-hybridized carbons (Fsp3) is 0.174. The SMILES string of the molecule is CC(C)(O)c1ccccc1Oc1ccc(NC(=O)Cc2ccccc2Cl)cc1S(N)(=O)=O. The Balaban J connectivity index is 1.89. The Bertz CT molecular complexity index is 1250. The summed E-state index contributed by atoms with van der Waals surface area (Å²) < 4.78 is 30.3. The predicted molar refractivity (Wildman–Crippen MR) is 123 cm³/mol. The summed E-state index contributed by atoms with van der Waals surface area (Å²) in [5.41, 5.74) is 0.124. The number of hydrogen-bond donors (Lipinski definition) is 3. The molecule has 1 amide bonds. The van der Waals surface area contributed by atoms with E-state index in [0.29, 0.717) is 16.1 Å². The number of benzene rings is 3. The average Bonchev–Trinajstić information content (AvgIpc) is 2.70. The van der Waals surface area contributed by atoms with Crippen molar-refractivity contribution in [2.75, 3.05) is 5.32 Å². The molecule has 0 spiro atoms. The zero-order valence-electron chi connectivity index (χ0n) is 17.5. The van der Waals surface area contributed by atoms with Crippen LogP contribution in [-0.4, -0.2) is 19.4 Å². The number of nitrogens with two attached hydrogens (primary N) is 1. The minimum absolute atomic E-state index is 0.0155. The molecule has 9 heteroatoms. The van der Waals surface area contributed by atoms with E-state index in [4.69, 9.17) is 21.5 Å². The van der Waals surface area contributed by atoms with Crippen molar-refractivity contribution >= 4 is 33.2 Å². The lowest BCUT2D eigenvalue weighted by molar-refractivity contribution is -0.115. The van der Waals surface area contributed by atoms with E-state index in [1.165, 1.54) is 18.2 Å². The molecule has 0 aliphatic rings. The number of carbonyl (C=O) groups excluding carboxylic acids is 1. The van der Waals surface area contributed by atoms with Crippen LogP contribution in [0.2, 0.25) is 5.02 Å². The van der Waals surface area contributed by atoms with E-state index in [1.54, 1.807) is 62.4 Å². The predicted octanol–water partition coefficient (Wildman–Crippen LogP) is 4.19. The van der Waals surface area contributed by atoms with E-state index in [9.17, 15) is 18.3 Å². The molecule has 0 aliphatic carbocycles. The number of sulfonamides is 1. The van der Waals surface area contributed by atoms with Gasteiger partial charge >= 0.3 is 0 Å². The van der Waals surface area contributed by atoms with E-state index >= 15 is 0 Å². The van der Waals surface area contributed by atoms with Crippen LogP contribution < -0.4 is 15.2 Å². The molecule has 0 bridgehead atoms. The third kappa shape index (κ3) is 5.86. The highest BCUT2D eigenvalue weighted by molar-refractivity contribution is 7.89. The monoisotopic (exact) mass is 474 g/mol. The van der Waals surface area contributed by atoms with Gasteiger partial charge in [-0.25, -0.2) is 13.6 Å². The number of carbonyl (C=O) groups is 1. The molecule has 3 aromatic rings. The van der Waals surface area contributed by atoms with Crippen LogP contribution in [0.1, 0.15) is 25.0 Å². The molecule has 168 valence electrons. The smallest absolute Gasteiger partial charge is 0.241 e. The van der Waals surface area contributed by atoms with Gasteiger partial charge in [-0.2, -0.15) is 0 Å². The molecule has 7 nitrogen and oxygen atoms in total. The first-order valence-electron chi connectivity index (χ1n) is 9.65. The van der Waals surface area contributed by atoms with Gasteiger partial charge in [-0.3, -0.25) is 4.79 Å². The summed E-state index contributed by atoms with van der Waals surface area (Å²) in [5.74, 6) is -0.131. The van der Waals surface area contributed by atoms with Crippen molar-refractivity contribution < 1.29 is 23.1 Å². The molecule has 0 radical (unpaired) electrons. The van der Waals surface area contributed by atoms with Gasteiger partial charge in [0.2, 0.25) is 15.9 Å². The van der Waals surface area contributed by atoms with E-state index in [0.717, 1.165) is 0 Å². The number of ether oxygens (including phenoxy) is 1. The number of aliphatic hydroxyl groups is 1. The van der Waals surface area contributed by atoms with Gasteiger partial charge in [0.05, 0.1) is 12.0 Å². The highest BCUT2D eigenvalue weighted by Crippen LogP contribution is 2.36. The lowest BCUT2D eigenvalue weighted by Gasteiger charge is -2.22. The molecule has 0 saturated heterocycles. The van der Waals surface area contributed by atoms with Crippen LogP contribution in [0, 0.1) is 0 Å². The van der Waals surface area contributed by atoms with Crippen molar-refractivity contribution in [1.29, 1.82) is 0 Å². The minimum Gasteiger partial charge on any atom is -0.456 e. The Kier molecular flexibility index (Phi) is 6.90. The average molecular weight is 475 g/mol. The minimum atomic E-state index is -4.19. The van der Waals surface area contributed by atoms with Gasteiger partial charge in [-0.1, -0.05) is 48.0 Å². The van der Waals surface area contributed by atoms with Crippen LogP contribution in [0.25, 0.3) is 0 Å². The highest BCUT2D eigenvalue weighted by atomic mass is 35.5. The first-order chi connectivity index (χ1) is 14.9. The largest absolute Gasteiger partial charge is 0.456 e. The number of rotatable bonds is 7. The number of hydrogen-bond acceptors (Lipinski definition) is 5. The molecule has 0 aliphatic heterocycles. The van der Waals surface area contributed by atoms with Gasteiger partial charge in [0, 0.05) is 16.3 Å². The maximum Gasteiger partial charge on any atom is 0.241 e. The second-order valence-corrected chi connectivity index (χ2v) is 9.62. The number of halogens is 1. The molecule has 32 heavy (non-hydrogen) atoms. The summed E-state index contributed by atoms with van der Waals surface area (Å²) in [6, 6.07) is 17.8. The Labute approximate surface area is 191 Å². The van der Waals surface area contributed by atoms with Crippen molar-refractivity contribution in [3.8, 4) is 11.5 Å². The number of amides is 1. The standard InChI is InChI=1S/C23H23ClN2O5S/c1-23(2,28)17-8-4-6-10-19(17)31-20-12-11-16(14-21(20)32(25,29)30)26-22(27)13-15-7-3-5-9-18(15)24/h3-12,14,28H,13H2,1-2H3,(H,26,27)(H2,25,29,30). The lowest BCUT2D eigenvalue weighted by atomic mass is 9.97. The number of nitrogens with one attached hydrogen (secondary N) is 1. The third-order valence-electron chi connectivity index (χ3n) is 4.61. The number of primary sulfonamides is 1. The molecule has 0 fully saturated rings. The summed E-state index contributed by atoms with van der Waals surface area (Å²) in [6.45, 7) is 3.18. The molecule has 0 heterocycles. The normalized spacial score (nSPS) is 11.8. The summed E-state index contributed by atoms with van der Waals surface area (Å²) in [7, 11) is -4.19. The molecule has 0 aromatic heterocycles. The molecule has 4 N–H and O–H groups in total. The Morgan fingerprint density at radius 1 is 1.06 bits per heavy atom. The van der Waals surface area contributed by atoms with E-state index in [-0.39, 0.29) is 34.4 Å². The zero-order chi connectivity index (χ0) is 23.5. The molecule has 3 aromatic carbocycles. The topological polar surface area (TPSA) is 119 Å². The van der Waals surface area contributed by atoms with Crippen LogP contribution >= 0.6 is 11.6 Å². The van der Waals surface area contributed by atoms with Crippen LogP contribution in [-0.2, 0) is 26.8 Å². The van der Waals surface area contributed by atoms with Crippen molar-refractivity contribution in [2.24, 2.45) is 5.14 Å². The van der Waals surface area contributed by atoms with Crippen LogP contribution in [0.3, 0.4) is 0 Å². The van der Waals surface area contributed by atoms with Crippen molar-refractivity contribution in [2.45, 2.75) is 30.8 Å².